The van der Waals surface area contributed by atoms with Gasteiger partial charge < -0.3 is 9.47 Å². The number of carbonyl (C=O) groups is 2. The Hall–Kier alpha value is -1.32. The first-order valence-electron chi connectivity index (χ1n) is 5.53. The Morgan fingerprint density at radius 3 is 2.69 bits per heavy atom. The zero-order valence-electron chi connectivity index (χ0n) is 9.67. The van der Waals surface area contributed by atoms with Gasteiger partial charge in [0.2, 0.25) is 0 Å². The molecule has 1 heterocycles. The first-order valence-corrected chi connectivity index (χ1v) is 5.53. The number of cyclic esters (lactones) is 1. The number of ether oxygens (including phenoxy) is 2. The van der Waals surface area contributed by atoms with Crippen LogP contribution in [0.5, 0.6) is 0 Å². The van der Waals surface area contributed by atoms with Crippen LogP contribution in [0.1, 0.15) is 13.8 Å². The molecular formula is C12H16O4. The molecule has 5 atom stereocenters. The van der Waals surface area contributed by atoms with E-state index in [0.29, 0.717) is 0 Å². The van der Waals surface area contributed by atoms with Gasteiger partial charge in [0.05, 0.1) is 18.9 Å². The van der Waals surface area contributed by atoms with Crippen molar-refractivity contribution in [3.63, 3.8) is 0 Å². The Morgan fingerprint density at radius 2 is 2.06 bits per heavy atom. The lowest BCUT2D eigenvalue weighted by Crippen LogP contribution is -2.37. The molecule has 0 unspecified atom stereocenters. The van der Waals surface area contributed by atoms with Crippen molar-refractivity contribution in [2.75, 3.05) is 7.11 Å². The van der Waals surface area contributed by atoms with E-state index in [9.17, 15) is 9.59 Å². The second-order valence-electron chi connectivity index (χ2n) is 4.54. The highest BCUT2D eigenvalue weighted by Gasteiger charge is 2.51. The smallest absolute Gasteiger partial charge is 0.312 e. The third-order valence-corrected chi connectivity index (χ3v) is 3.61. The van der Waals surface area contributed by atoms with E-state index in [4.69, 9.17) is 9.47 Å². The van der Waals surface area contributed by atoms with Crippen molar-refractivity contribution in [3.8, 4) is 0 Å². The average molecular weight is 224 g/mol. The molecule has 0 spiro atoms. The first-order chi connectivity index (χ1) is 7.56. The van der Waals surface area contributed by atoms with E-state index < -0.39 is 0 Å². The van der Waals surface area contributed by atoms with Gasteiger partial charge in [0.1, 0.15) is 6.10 Å². The molecule has 2 aliphatic rings. The van der Waals surface area contributed by atoms with E-state index in [1.165, 1.54) is 7.11 Å². The maximum Gasteiger partial charge on any atom is 0.312 e. The van der Waals surface area contributed by atoms with Crippen LogP contribution in [-0.4, -0.2) is 25.2 Å². The van der Waals surface area contributed by atoms with Gasteiger partial charge in [-0.15, -0.1) is 0 Å². The summed E-state index contributed by atoms with van der Waals surface area (Å²) in [5.74, 6) is -0.994. The first kappa shape index (κ1) is 11.2. The summed E-state index contributed by atoms with van der Waals surface area (Å²) in [4.78, 5) is 23.3. The Labute approximate surface area is 94.6 Å². The average Bonchev–Trinajstić information content (AvgIpc) is 2.55. The Kier molecular flexibility index (Phi) is 2.74. The second kappa shape index (κ2) is 3.92. The fourth-order valence-electron chi connectivity index (χ4n) is 2.78. The summed E-state index contributed by atoms with van der Waals surface area (Å²) in [6.45, 7) is 3.81. The van der Waals surface area contributed by atoms with Crippen molar-refractivity contribution in [1.29, 1.82) is 0 Å². The Morgan fingerprint density at radius 1 is 1.38 bits per heavy atom. The molecule has 16 heavy (non-hydrogen) atoms. The minimum absolute atomic E-state index is 0.0834. The van der Waals surface area contributed by atoms with Crippen LogP contribution in [0, 0.1) is 23.7 Å². The summed E-state index contributed by atoms with van der Waals surface area (Å²) in [7, 11) is 1.37. The molecule has 4 nitrogen and oxygen atoms in total. The summed E-state index contributed by atoms with van der Waals surface area (Å²) in [5, 5.41) is 0. The summed E-state index contributed by atoms with van der Waals surface area (Å²) in [5.41, 5.74) is 0. The fourth-order valence-corrected chi connectivity index (χ4v) is 2.78. The number of esters is 2. The van der Waals surface area contributed by atoms with Crippen molar-refractivity contribution in [2.24, 2.45) is 23.7 Å². The van der Waals surface area contributed by atoms with Gasteiger partial charge in [-0.2, -0.15) is 0 Å². The molecule has 0 aromatic heterocycles. The summed E-state index contributed by atoms with van der Waals surface area (Å²) >= 11 is 0. The van der Waals surface area contributed by atoms with Crippen molar-refractivity contribution in [1.82, 2.24) is 0 Å². The SMILES string of the molecule is COC(=O)[C@@H]1C=C[C@H](C)[C@@H]2C(=O)O[C@@H](C)[C@@H]21. The molecule has 1 aliphatic carbocycles. The van der Waals surface area contributed by atoms with Crippen LogP contribution in [0.4, 0.5) is 0 Å². The summed E-state index contributed by atoms with van der Waals surface area (Å²) < 4.78 is 9.98. The fraction of sp³-hybridized carbons (Fsp3) is 0.667. The molecule has 0 radical (unpaired) electrons. The highest BCUT2D eigenvalue weighted by molar-refractivity contribution is 5.81. The van der Waals surface area contributed by atoms with Gasteiger partial charge in [-0.1, -0.05) is 19.1 Å². The molecule has 0 saturated carbocycles. The lowest BCUT2D eigenvalue weighted by atomic mass is 9.70. The molecule has 0 bridgehead atoms. The molecule has 4 heteroatoms. The largest absolute Gasteiger partial charge is 0.469 e. The van der Waals surface area contributed by atoms with Gasteiger partial charge in [0.15, 0.2) is 0 Å². The quantitative estimate of drug-likeness (QED) is 0.495. The maximum atomic E-state index is 11.7. The lowest BCUT2D eigenvalue weighted by molar-refractivity contribution is -0.147. The van der Waals surface area contributed by atoms with E-state index in [1.807, 2.05) is 26.0 Å². The number of carbonyl (C=O) groups excluding carboxylic acids is 2. The number of fused-ring (bicyclic) bond motifs is 1. The molecule has 0 amide bonds. The molecular weight excluding hydrogens is 208 g/mol. The maximum absolute atomic E-state index is 11.7. The van der Waals surface area contributed by atoms with Crippen molar-refractivity contribution < 1.29 is 19.1 Å². The van der Waals surface area contributed by atoms with Crippen LogP contribution in [0.2, 0.25) is 0 Å². The molecule has 0 aromatic carbocycles. The van der Waals surface area contributed by atoms with E-state index in [1.54, 1.807) is 0 Å². The normalized spacial score (nSPS) is 41.4. The predicted molar refractivity (Wildman–Crippen MR) is 56.3 cm³/mol. The number of methoxy groups -OCH3 is 1. The summed E-state index contributed by atoms with van der Waals surface area (Å²) in [6, 6.07) is 0. The van der Waals surface area contributed by atoms with Crippen molar-refractivity contribution >= 4 is 11.9 Å². The predicted octanol–water partition coefficient (Wildman–Crippen LogP) is 1.16. The van der Waals surface area contributed by atoms with Crippen molar-refractivity contribution in [2.45, 2.75) is 20.0 Å². The van der Waals surface area contributed by atoms with Gasteiger partial charge in [-0.25, -0.2) is 0 Å². The zero-order chi connectivity index (χ0) is 11.9. The molecule has 88 valence electrons. The van der Waals surface area contributed by atoms with Gasteiger partial charge in [-0.3, -0.25) is 9.59 Å². The minimum Gasteiger partial charge on any atom is -0.469 e. The molecule has 0 N–H and O–H groups in total. The number of allylic oxidation sites excluding steroid dienone is 1. The lowest BCUT2D eigenvalue weighted by Gasteiger charge is -2.30. The third-order valence-electron chi connectivity index (χ3n) is 3.61. The number of hydrogen-bond acceptors (Lipinski definition) is 4. The Bertz CT molecular complexity index is 347. The standard InChI is InChI=1S/C12H16O4/c1-6-4-5-8(11(13)15-3)10-7(2)16-12(14)9(6)10/h4-10H,1-3H3/t6-,7-,8+,9-,10+/m0/s1. The van der Waals surface area contributed by atoms with Gasteiger partial charge in [0.25, 0.3) is 0 Å². The molecule has 1 saturated heterocycles. The number of hydrogen-bond donors (Lipinski definition) is 0. The van der Waals surface area contributed by atoms with Crippen LogP contribution < -0.4 is 0 Å². The van der Waals surface area contributed by atoms with Crippen LogP contribution >= 0.6 is 0 Å². The van der Waals surface area contributed by atoms with Crippen LogP contribution in [-0.2, 0) is 19.1 Å². The third kappa shape index (κ3) is 1.52. The highest BCUT2D eigenvalue weighted by atomic mass is 16.6. The molecule has 2 rings (SSSR count). The molecule has 1 fully saturated rings. The van der Waals surface area contributed by atoms with E-state index in [0.717, 1.165) is 0 Å². The highest BCUT2D eigenvalue weighted by Crippen LogP contribution is 2.43. The van der Waals surface area contributed by atoms with Crippen LogP contribution in [0.25, 0.3) is 0 Å². The van der Waals surface area contributed by atoms with E-state index >= 15 is 0 Å². The van der Waals surface area contributed by atoms with E-state index in [-0.39, 0.29) is 41.7 Å². The van der Waals surface area contributed by atoms with Gasteiger partial charge in [0, 0.05) is 5.92 Å². The van der Waals surface area contributed by atoms with Gasteiger partial charge >= 0.3 is 11.9 Å². The van der Waals surface area contributed by atoms with Crippen LogP contribution in [0.15, 0.2) is 12.2 Å². The van der Waals surface area contributed by atoms with Gasteiger partial charge in [-0.05, 0) is 12.8 Å². The van der Waals surface area contributed by atoms with Crippen LogP contribution in [0.3, 0.4) is 0 Å². The Balaban J connectivity index is 2.33. The topological polar surface area (TPSA) is 52.6 Å². The summed E-state index contributed by atoms with van der Waals surface area (Å²) in [6.07, 6.45) is 3.53. The molecule has 1 aliphatic heterocycles. The van der Waals surface area contributed by atoms with E-state index in [2.05, 4.69) is 0 Å². The number of rotatable bonds is 1. The molecule has 0 aromatic rings. The monoisotopic (exact) mass is 224 g/mol. The minimum atomic E-state index is -0.354. The van der Waals surface area contributed by atoms with Crippen molar-refractivity contribution in [3.05, 3.63) is 12.2 Å². The zero-order valence-corrected chi connectivity index (χ0v) is 9.67. The second-order valence-corrected chi connectivity index (χ2v) is 4.54.